The van der Waals surface area contributed by atoms with Gasteiger partial charge in [-0.2, -0.15) is 4.31 Å². The van der Waals surface area contributed by atoms with Gasteiger partial charge in [-0.25, -0.2) is 8.42 Å². The van der Waals surface area contributed by atoms with E-state index in [-0.39, 0.29) is 9.92 Å². The summed E-state index contributed by atoms with van der Waals surface area (Å²) in [6.45, 7) is 1.42. The molecule has 3 rings (SSSR count). The number of sulfonamides is 1. The Morgan fingerprint density at radius 3 is 1.79 bits per heavy atom. The standard InChI is InChI=1S/C21H19Cl2NO3S/c1-15(25)24(28(26,27)20-13-12-18(22)14-19(20)23)21(16-8-4-2-5-9-16)17-10-6-3-7-11-17/h2-15,21,25H,1H3. The number of aliphatic hydroxyl groups excluding tert-OH is 1. The van der Waals surface area contributed by atoms with Crippen molar-refractivity contribution in [2.75, 3.05) is 0 Å². The Balaban J connectivity index is 2.22. The molecule has 1 unspecified atom stereocenters. The van der Waals surface area contributed by atoms with Crippen molar-refractivity contribution in [3.05, 3.63) is 100 Å². The van der Waals surface area contributed by atoms with E-state index in [1.165, 1.54) is 25.1 Å². The number of hydrogen-bond acceptors (Lipinski definition) is 3. The van der Waals surface area contributed by atoms with Crippen LogP contribution in [0.15, 0.2) is 83.8 Å². The second-order valence-corrected chi connectivity index (χ2v) is 8.92. The SMILES string of the molecule is CC(O)N(C(c1ccccc1)c1ccccc1)S(=O)(=O)c1ccc(Cl)cc1Cl. The Labute approximate surface area is 175 Å². The molecule has 0 heterocycles. The fraction of sp³-hybridized carbons (Fsp3) is 0.143. The first-order valence-electron chi connectivity index (χ1n) is 8.59. The lowest BCUT2D eigenvalue weighted by Crippen LogP contribution is -2.42. The normalized spacial score (nSPS) is 13.1. The minimum atomic E-state index is -4.15. The highest BCUT2D eigenvalue weighted by Crippen LogP contribution is 2.37. The molecule has 0 aromatic heterocycles. The third-order valence-electron chi connectivity index (χ3n) is 4.30. The van der Waals surface area contributed by atoms with E-state index in [2.05, 4.69) is 0 Å². The Kier molecular flexibility index (Phi) is 6.43. The van der Waals surface area contributed by atoms with E-state index in [0.29, 0.717) is 5.02 Å². The molecule has 0 aliphatic heterocycles. The van der Waals surface area contributed by atoms with Crippen LogP contribution in [0, 0.1) is 0 Å². The summed E-state index contributed by atoms with van der Waals surface area (Å²) in [5, 5.41) is 10.9. The van der Waals surface area contributed by atoms with Crippen LogP contribution in [0.2, 0.25) is 10.0 Å². The van der Waals surface area contributed by atoms with Gasteiger partial charge < -0.3 is 5.11 Å². The van der Waals surface area contributed by atoms with E-state index < -0.39 is 22.3 Å². The Morgan fingerprint density at radius 2 is 1.36 bits per heavy atom. The van der Waals surface area contributed by atoms with Crippen molar-refractivity contribution in [2.45, 2.75) is 24.1 Å². The molecule has 0 aliphatic carbocycles. The van der Waals surface area contributed by atoms with Gasteiger partial charge in [-0.3, -0.25) is 0 Å². The van der Waals surface area contributed by atoms with E-state index in [1.807, 2.05) is 60.7 Å². The van der Waals surface area contributed by atoms with Crippen LogP contribution in [0.5, 0.6) is 0 Å². The van der Waals surface area contributed by atoms with Gasteiger partial charge >= 0.3 is 0 Å². The highest BCUT2D eigenvalue weighted by atomic mass is 35.5. The van der Waals surface area contributed by atoms with Crippen LogP contribution >= 0.6 is 23.2 Å². The second-order valence-electron chi connectivity index (χ2n) is 6.27. The zero-order chi connectivity index (χ0) is 20.3. The highest BCUT2D eigenvalue weighted by Gasteiger charge is 2.37. The maximum Gasteiger partial charge on any atom is 0.247 e. The molecular weight excluding hydrogens is 417 g/mol. The molecule has 0 radical (unpaired) electrons. The lowest BCUT2D eigenvalue weighted by atomic mass is 9.98. The Morgan fingerprint density at radius 1 is 0.857 bits per heavy atom. The maximum absolute atomic E-state index is 13.5. The van der Waals surface area contributed by atoms with Crippen LogP contribution in [0.25, 0.3) is 0 Å². The highest BCUT2D eigenvalue weighted by molar-refractivity contribution is 7.89. The zero-order valence-electron chi connectivity index (χ0n) is 15.0. The van der Waals surface area contributed by atoms with Crippen LogP contribution in [-0.4, -0.2) is 24.1 Å². The van der Waals surface area contributed by atoms with Crippen LogP contribution in [0.3, 0.4) is 0 Å². The summed E-state index contributed by atoms with van der Waals surface area (Å²) < 4.78 is 28.1. The topological polar surface area (TPSA) is 57.6 Å². The van der Waals surface area contributed by atoms with Crippen molar-refractivity contribution >= 4 is 33.2 Å². The van der Waals surface area contributed by atoms with Gasteiger partial charge in [-0.1, -0.05) is 83.9 Å². The van der Waals surface area contributed by atoms with Gasteiger partial charge in [-0.05, 0) is 36.2 Å². The first-order valence-corrected chi connectivity index (χ1v) is 10.8. The maximum atomic E-state index is 13.5. The number of halogens is 2. The minimum Gasteiger partial charge on any atom is -0.378 e. The molecule has 4 nitrogen and oxygen atoms in total. The number of hydrogen-bond donors (Lipinski definition) is 1. The van der Waals surface area contributed by atoms with Gasteiger partial charge in [0.05, 0.1) is 11.1 Å². The first kappa shape index (κ1) is 20.8. The average Bonchev–Trinajstić information content (AvgIpc) is 2.66. The lowest BCUT2D eigenvalue weighted by Gasteiger charge is -2.34. The number of benzene rings is 3. The smallest absolute Gasteiger partial charge is 0.247 e. The monoisotopic (exact) mass is 435 g/mol. The summed E-state index contributed by atoms with van der Waals surface area (Å²) in [4.78, 5) is -0.115. The quantitative estimate of drug-likeness (QED) is 0.547. The van der Waals surface area contributed by atoms with Gasteiger partial charge in [0.2, 0.25) is 10.0 Å². The van der Waals surface area contributed by atoms with Gasteiger partial charge in [0, 0.05) is 5.02 Å². The van der Waals surface area contributed by atoms with Crippen LogP contribution in [-0.2, 0) is 10.0 Å². The van der Waals surface area contributed by atoms with E-state index in [1.54, 1.807) is 0 Å². The van der Waals surface area contributed by atoms with E-state index in [9.17, 15) is 13.5 Å². The summed E-state index contributed by atoms with van der Waals surface area (Å²) in [5.74, 6) is 0. The molecule has 3 aromatic carbocycles. The predicted octanol–water partition coefficient (Wildman–Crippen LogP) is 5.11. The predicted molar refractivity (Wildman–Crippen MR) is 112 cm³/mol. The minimum absolute atomic E-state index is 0.00183. The van der Waals surface area contributed by atoms with Gasteiger partial charge in [-0.15, -0.1) is 0 Å². The van der Waals surface area contributed by atoms with E-state index >= 15 is 0 Å². The Hall–Kier alpha value is -1.89. The molecule has 1 N–H and O–H groups in total. The molecule has 0 fully saturated rings. The van der Waals surface area contributed by atoms with Crippen LogP contribution < -0.4 is 0 Å². The fourth-order valence-corrected chi connectivity index (χ4v) is 5.51. The van der Waals surface area contributed by atoms with E-state index in [0.717, 1.165) is 15.4 Å². The average molecular weight is 436 g/mol. The number of nitrogens with zero attached hydrogens (tertiary/aromatic N) is 1. The molecule has 0 amide bonds. The molecule has 3 aromatic rings. The molecule has 0 bridgehead atoms. The molecular formula is C21H19Cl2NO3S. The lowest BCUT2D eigenvalue weighted by molar-refractivity contribution is 0.0629. The summed E-state index contributed by atoms with van der Waals surface area (Å²) >= 11 is 12.1. The first-order chi connectivity index (χ1) is 13.3. The molecule has 28 heavy (non-hydrogen) atoms. The second kappa shape index (κ2) is 8.64. The van der Waals surface area contributed by atoms with Crippen molar-refractivity contribution in [3.63, 3.8) is 0 Å². The summed E-state index contributed by atoms with van der Waals surface area (Å²) in [5.41, 5.74) is 1.45. The van der Waals surface area contributed by atoms with Crippen molar-refractivity contribution in [3.8, 4) is 0 Å². The van der Waals surface area contributed by atoms with Crippen LogP contribution in [0.4, 0.5) is 0 Å². The van der Waals surface area contributed by atoms with Crippen LogP contribution in [0.1, 0.15) is 24.1 Å². The largest absolute Gasteiger partial charge is 0.378 e. The summed E-state index contributed by atoms with van der Waals surface area (Å²) in [7, 11) is -4.15. The molecule has 0 saturated heterocycles. The zero-order valence-corrected chi connectivity index (χ0v) is 17.4. The van der Waals surface area contributed by atoms with Gasteiger partial charge in [0.1, 0.15) is 11.1 Å². The van der Waals surface area contributed by atoms with Gasteiger partial charge in [0.25, 0.3) is 0 Å². The summed E-state index contributed by atoms with van der Waals surface area (Å²) in [6.07, 6.45) is -1.30. The molecule has 146 valence electrons. The summed E-state index contributed by atoms with van der Waals surface area (Å²) in [6, 6.07) is 21.8. The number of aliphatic hydroxyl groups is 1. The van der Waals surface area contributed by atoms with E-state index in [4.69, 9.17) is 23.2 Å². The van der Waals surface area contributed by atoms with Crippen molar-refractivity contribution in [1.29, 1.82) is 0 Å². The molecule has 0 spiro atoms. The molecule has 0 aliphatic rings. The fourth-order valence-electron chi connectivity index (χ4n) is 3.11. The van der Waals surface area contributed by atoms with Crippen molar-refractivity contribution < 1.29 is 13.5 Å². The third kappa shape index (κ3) is 4.24. The molecule has 7 heteroatoms. The van der Waals surface area contributed by atoms with Gasteiger partial charge in [0.15, 0.2) is 0 Å². The molecule has 1 atom stereocenters. The van der Waals surface area contributed by atoms with Crippen molar-refractivity contribution in [2.24, 2.45) is 0 Å². The third-order valence-corrected chi connectivity index (χ3v) is 6.95. The molecule has 0 saturated carbocycles. The number of rotatable bonds is 6. The van der Waals surface area contributed by atoms with Crippen molar-refractivity contribution in [1.82, 2.24) is 4.31 Å². The Bertz CT molecular complexity index is 1000.